The Morgan fingerprint density at radius 1 is 1.50 bits per heavy atom. The quantitative estimate of drug-likeness (QED) is 0.738. The summed E-state index contributed by atoms with van der Waals surface area (Å²) in [6.45, 7) is 8.34. The van der Waals surface area contributed by atoms with Gasteiger partial charge in [-0.25, -0.2) is 0 Å². The highest BCUT2D eigenvalue weighted by molar-refractivity contribution is 5.81. The Kier molecular flexibility index (Phi) is 5.22. The summed E-state index contributed by atoms with van der Waals surface area (Å²) in [5.74, 6) is 0.121. The summed E-state index contributed by atoms with van der Waals surface area (Å²) in [4.78, 5) is 14.0. The summed E-state index contributed by atoms with van der Waals surface area (Å²) in [6, 6.07) is 0.983. The first-order valence-corrected chi connectivity index (χ1v) is 6.34. The van der Waals surface area contributed by atoms with E-state index < -0.39 is 0 Å². The predicted octanol–water partition coefficient (Wildman–Crippen LogP) is 0.583. The molecule has 0 aliphatic carbocycles. The molecule has 4 heteroatoms. The van der Waals surface area contributed by atoms with E-state index in [1.54, 1.807) is 7.05 Å². The molecule has 1 rings (SSSR count). The third-order valence-corrected chi connectivity index (χ3v) is 3.63. The van der Waals surface area contributed by atoms with Gasteiger partial charge in [-0.1, -0.05) is 13.8 Å². The smallest absolute Gasteiger partial charge is 0.236 e. The zero-order chi connectivity index (χ0) is 12.1. The highest BCUT2D eigenvalue weighted by Crippen LogP contribution is 2.15. The van der Waals surface area contributed by atoms with Crippen molar-refractivity contribution in [1.29, 1.82) is 0 Å². The number of carbonyl (C=O) groups is 1. The first-order valence-electron chi connectivity index (χ1n) is 6.34. The van der Waals surface area contributed by atoms with Crippen molar-refractivity contribution >= 4 is 5.91 Å². The first-order chi connectivity index (χ1) is 7.63. The molecule has 1 fully saturated rings. The second-order valence-electron chi connectivity index (χ2n) is 4.56. The number of hydrogen-bond acceptors (Lipinski definition) is 3. The molecule has 1 aliphatic heterocycles. The van der Waals surface area contributed by atoms with Gasteiger partial charge in [0.15, 0.2) is 0 Å². The number of piperazine rings is 1. The molecule has 4 nitrogen and oxygen atoms in total. The van der Waals surface area contributed by atoms with Gasteiger partial charge in [0.05, 0.1) is 6.04 Å². The molecular formula is C12H25N3O. The van der Waals surface area contributed by atoms with Crippen LogP contribution in [0.2, 0.25) is 0 Å². The van der Waals surface area contributed by atoms with Gasteiger partial charge in [0.25, 0.3) is 0 Å². The summed E-state index contributed by atoms with van der Waals surface area (Å²) in [5, 5.41) is 6.28. The fourth-order valence-corrected chi connectivity index (χ4v) is 2.37. The third-order valence-electron chi connectivity index (χ3n) is 3.63. The average molecular weight is 227 g/mol. The van der Waals surface area contributed by atoms with E-state index in [4.69, 9.17) is 0 Å². The van der Waals surface area contributed by atoms with Crippen LogP contribution in [0, 0.1) is 0 Å². The number of rotatable bonds is 4. The Morgan fingerprint density at radius 3 is 2.69 bits per heavy atom. The van der Waals surface area contributed by atoms with E-state index in [0.29, 0.717) is 12.1 Å². The summed E-state index contributed by atoms with van der Waals surface area (Å²) in [5.41, 5.74) is 0. The molecule has 0 aromatic carbocycles. The average Bonchev–Trinajstić information content (AvgIpc) is 2.35. The maximum Gasteiger partial charge on any atom is 0.236 e. The van der Waals surface area contributed by atoms with Gasteiger partial charge in [-0.3, -0.25) is 9.69 Å². The summed E-state index contributed by atoms with van der Waals surface area (Å²) < 4.78 is 0. The van der Waals surface area contributed by atoms with Crippen LogP contribution >= 0.6 is 0 Å². The SMILES string of the molecule is CCC1CN(C(C)C(=O)NC)C(CC)CN1. The summed E-state index contributed by atoms with van der Waals surface area (Å²) in [6.07, 6.45) is 2.21. The van der Waals surface area contributed by atoms with Gasteiger partial charge in [0.1, 0.15) is 0 Å². The van der Waals surface area contributed by atoms with Crippen molar-refractivity contribution in [3.63, 3.8) is 0 Å². The molecule has 0 spiro atoms. The predicted molar refractivity (Wildman–Crippen MR) is 66.4 cm³/mol. The molecule has 0 radical (unpaired) electrons. The first kappa shape index (κ1) is 13.5. The van der Waals surface area contributed by atoms with Gasteiger partial charge in [-0.05, 0) is 19.8 Å². The highest BCUT2D eigenvalue weighted by Gasteiger charge is 2.31. The van der Waals surface area contributed by atoms with Gasteiger partial charge >= 0.3 is 0 Å². The lowest BCUT2D eigenvalue weighted by molar-refractivity contribution is -0.127. The van der Waals surface area contributed by atoms with Gasteiger partial charge in [-0.15, -0.1) is 0 Å². The van der Waals surface area contributed by atoms with E-state index in [9.17, 15) is 4.79 Å². The van der Waals surface area contributed by atoms with E-state index >= 15 is 0 Å². The van der Waals surface area contributed by atoms with E-state index in [1.807, 2.05) is 6.92 Å². The number of nitrogens with one attached hydrogen (secondary N) is 2. The molecule has 0 bridgehead atoms. The number of nitrogens with zero attached hydrogens (tertiary/aromatic N) is 1. The Labute approximate surface area is 98.8 Å². The minimum absolute atomic E-state index is 0.0221. The highest BCUT2D eigenvalue weighted by atomic mass is 16.2. The van der Waals surface area contributed by atoms with E-state index in [-0.39, 0.29) is 11.9 Å². The minimum Gasteiger partial charge on any atom is -0.358 e. The molecule has 16 heavy (non-hydrogen) atoms. The van der Waals surface area contributed by atoms with Crippen LogP contribution in [0.25, 0.3) is 0 Å². The second-order valence-corrected chi connectivity index (χ2v) is 4.56. The van der Waals surface area contributed by atoms with Crippen LogP contribution in [0.5, 0.6) is 0 Å². The van der Waals surface area contributed by atoms with Crippen LogP contribution in [0.1, 0.15) is 33.6 Å². The Balaban J connectivity index is 2.67. The second kappa shape index (κ2) is 6.21. The third kappa shape index (κ3) is 2.95. The molecule has 2 N–H and O–H groups in total. The van der Waals surface area contributed by atoms with Crippen molar-refractivity contribution in [3.8, 4) is 0 Å². The maximum atomic E-state index is 11.7. The lowest BCUT2D eigenvalue weighted by Gasteiger charge is -2.42. The van der Waals surface area contributed by atoms with Crippen LogP contribution in [-0.4, -0.2) is 49.1 Å². The Bertz CT molecular complexity index is 232. The van der Waals surface area contributed by atoms with Gasteiger partial charge in [0, 0.05) is 32.2 Å². The van der Waals surface area contributed by atoms with Crippen LogP contribution in [-0.2, 0) is 4.79 Å². The van der Waals surface area contributed by atoms with Gasteiger partial charge in [0.2, 0.25) is 5.91 Å². The molecule has 0 saturated carbocycles. The van der Waals surface area contributed by atoms with Crippen molar-refractivity contribution < 1.29 is 4.79 Å². The lowest BCUT2D eigenvalue weighted by atomic mass is 10.0. The molecule has 1 amide bonds. The fraction of sp³-hybridized carbons (Fsp3) is 0.917. The van der Waals surface area contributed by atoms with Crippen LogP contribution < -0.4 is 10.6 Å². The zero-order valence-corrected chi connectivity index (χ0v) is 10.9. The van der Waals surface area contributed by atoms with Crippen LogP contribution in [0.4, 0.5) is 0 Å². The molecule has 1 heterocycles. The van der Waals surface area contributed by atoms with Crippen molar-refractivity contribution in [2.45, 2.75) is 51.7 Å². The normalized spacial score (nSPS) is 28.8. The molecule has 0 aromatic rings. The van der Waals surface area contributed by atoms with E-state index in [0.717, 1.165) is 25.9 Å². The maximum absolute atomic E-state index is 11.7. The molecule has 1 saturated heterocycles. The van der Waals surface area contributed by atoms with E-state index in [2.05, 4.69) is 29.4 Å². The number of carbonyl (C=O) groups excluding carboxylic acids is 1. The molecule has 3 atom stereocenters. The fourth-order valence-electron chi connectivity index (χ4n) is 2.37. The zero-order valence-electron chi connectivity index (χ0n) is 10.9. The molecule has 1 aliphatic rings. The lowest BCUT2D eigenvalue weighted by Crippen LogP contribution is -2.61. The number of amides is 1. The van der Waals surface area contributed by atoms with Crippen LogP contribution in [0.3, 0.4) is 0 Å². The largest absolute Gasteiger partial charge is 0.358 e. The molecular weight excluding hydrogens is 202 g/mol. The minimum atomic E-state index is -0.0221. The van der Waals surface area contributed by atoms with Crippen molar-refractivity contribution in [2.75, 3.05) is 20.1 Å². The molecule has 3 unspecified atom stereocenters. The number of hydrogen-bond donors (Lipinski definition) is 2. The van der Waals surface area contributed by atoms with Crippen molar-refractivity contribution in [1.82, 2.24) is 15.5 Å². The molecule has 0 aromatic heterocycles. The van der Waals surface area contributed by atoms with Crippen LogP contribution in [0.15, 0.2) is 0 Å². The topological polar surface area (TPSA) is 44.4 Å². The standard InChI is InChI=1S/C12H25N3O/c1-5-10-8-15(9(3)12(16)13-4)11(6-2)7-14-10/h9-11,14H,5-8H2,1-4H3,(H,13,16). The van der Waals surface area contributed by atoms with Crippen molar-refractivity contribution in [2.24, 2.45) is 0 Å². The van der Waals surface area contributed by atoms with Gasteiger partial charge in [-0.2, -0.15) is 0 Å². The Hall–Kier alpha value is -0.610. The van der Waals surface area contributed by atoms with E-state index in [1.165, 1.54) is 0 Å². The monoisotopic (exact) mass is 227 g/mol. The number of likely N-dealkylation sites (N-methyl/N-ethyl adjacent to an activating group) is 1. The molecule has 94 valence electrons. The van der Waals surface area contributed by atoms with Gasteiger partial charge < -0.3 is 10.6 Å². The summed E-state index contributed by atoms with van der Waals surface area (Å²) in [7, 11) is 1.71. The Morgan fingerprint density at radius 2 is 2.19 bits per heavy atom. The summed E-state index contributed by atoms with van der Waals surface area (Å²) >= 11 is 0. The van der Waals surface area contributed by atoms with Crippen molar-refractivity contribution in [3.05, 3.63) is 0 Å².